The number of carbonyl (C=O) groups is 1. The Balaban J connectivity index is 1.76. The van der Waals surface area contributed by atoms with Gasteiger partial charge in [-0.3, -0.25) is 9.69 Å². The molecule has 1 unspecified atom stereocenters. The van der Waals surface area contributed by atoms with Crippen LogP contribution in [-0.2, 0) is 14.6 Å². The summed E-state index contributed by atoms with van der Waals surface area (Å²) in [7, 11) is -2.04. The van der Waals surface area contributed by atoms with E-state index in [9.17, 15) is 17.6 Å². The van der Waals surface area contributed by atoms with Crippen LogP contribution < -0.4 is 4.74 Å². The summed E-state index contributed by atoms with van der Waals surface area (Å²) >= 11 is 0. The zero-order valence-electron chi connectivity index (χ0n) is 17.5. The molecule has 0 fully saturated rings. The van der Waals surface area contributed by atoms with Crippen LogP contribution in [0.5, 0.6) is 5.75 Å². The van der Waals surface area contributed by atoms with Gasteiger partial charge in [0.2, 0.25) is 9.84 Å². The van der Waals surface area contributed by atoms with Crippen molar-refractivity contribution in [3.8, 4) is 5.75 Å². The lowest BCUT2D eigenvalue weighted by molar-refractivity contribution is -0.138. The summed E-state index contributed by atoms with van der Waals surface area (Å²) in [6.45, 7) is 0.431. The fourth-order valence-electron chi connectivity index (χ4n) is 3.22. The SMILES string of the molecule is CN(CCC(Oc1ccc(S(=O)(=O)c2ccc(F)cc2)cc1)c1ccccc1)CC(=O)O. The highest BCUT2D eigenvalue weighted by Gasteiger charge is 2.19. The van der Waals surface area contributed by atoms with E-state index in [1.165, 1.54) is 24.3 Å². The monoisotopic (exact) mass is 457 g/mol. The zero-order valence-corrected chi connectivity index (χ0v) is 18.3. The Morgan fingerprint density at radius 1 is 0.969 bits per heavy atom. The summed E-state index contributed by atoms with van der Waals surface area (Å²) in [6, 6.07) is 20.3. The molecule has 3 aromatic carbocycles. The van der Waals surface area contributed by atoms with Crippen molar-refractivity contribution in [2.45, 2.75) is 22.3 Å². The number of nitrogens with zero attached hydrogens (tertiary/aromatic N) is 1. The Labute approximate surface area is 186 Å². The molecule has 168 valence electrons. The largest absolute Gasteiger partial charge is 0.486 e. The van der Waals surface area contributed by atoms with E-state index in [4.69, 9.17) is 9.84 Å². The van der Waals surface area contributed by atoms with Gasteiger partial charge >= 0.3 is 5.97 Å². The van der Waals surface area contributed by atoms with Gasteiger partial charge in [0.05, 0.1) is 16.3 Å². The van der Waals surface area contributed by atoms with Crippen molar-refractivity contribution in [1.29, 1.82) is 0 Å². The normalized spacial score (nSPS) is 12.5. The predicted octanol–water partition coefficient (Wildman–Crippen LogP) is 4.19. The Morgan fingerprint density at radius 2 is 1.53 bits per heavy atom. The highest BCUT2D eigenvalue weighted by molar-refractivity contribution is 7.91. The summed E-state index contributed by atoms with van der Waals surface area (Å²) in [5.74, 6) is -0.922. The molecule has 0 aliphatic rings. The third-order valence-electron chi connectivity index (χ3n) is 4.89. The molecule has 0 aliphatic heterocycles. The van der Waals surface area contributed by atoms with Crippen LogP contribution in [0.4, 0.5) is 4.39 Å². The van der Waals surface area contributed by atoms with E-state index < -0.39 is 21.6 Å². The van der Waals surface area contributed by atoms with Crippen LogP contribution in [0.2, 0.25) is 0 Å². The molecule has 0 spiro atoms. The van der Waals surface area contributed by atoms with Crippen LogP contribution in [0.3, 0.4) is 0 Å². The third-order valence-corrected chi connectivity index (χ3v) is 6.67. The van der Waals surface area contributed by atoms with Gasteiger partial charge in [-0.1, -0.05) is 30.3 Å². The number of halogens is 1. The highest BCUT2D eigenvalue weighted by Crippen LogP contribution is 2.28. The number of likely N-dealkylation sites (N-methyl/N-ethyl adjacent to an activating group) is 1. The van der Waals surface area contributed by atoms with Gasteiger partial charge in [-0.25, -0.2) is 12.8 Å². The minimum absolute atomic E-state index is 0.0104. The number of benzene rings is 3. The molecule has 1 N–H and O–H groups in total. The van der Waals surface area contributed by atoms with Crippen LogP contribution in [0.15, 0.2) is 88.7 Å². The molecule has 1 atom stereocenters. The minimum Gasteiger partial charge on any atom is -0.486 e. The van der Waals surface area contributed by atoms with E-state index in [1.54, 1.807) is 24.1 Å². The summed E-state index contributed by atoms with van der Waals surface area (Å²) in [6.07, 6.45) is 0.204. The van der Waals surface area contributed by atoms with Crippen molar-refractivity contribution < 1.29 is 27.4 Å². The second-order valence-corrected chi connectivity index (χ2v) is 9.32. The molecule has 8 heteroatoms. The molecule has 0 saturated carbocycles. The van der Waals surface area contributed by atoms with Crippen LogP contribution in [0.25, 0.3) is 0 Å². The van der Waals surface area contributed by atoms with Gasteiger partial charge in [0.25, 0.3) is 0 Å². The van der Waals surface area contributed by atoms with Crippen LogP contribution >= 0.6 is 0 Å². The predicted molar refractivity (Wildman–Crippen MR) is 118 cm³/mol. The molecule has 6 nitrogen and oxygen atoms in total. The van der Waals surface area contributed by atoms with Gasteiger partial charge in [0.15, 0.2) is 0 Å². The Bertz CT molecular complexity index is 1130. The second kappa shape index (κ2) is 10.4. The van der Waals surface area contributed by atoms with Gasteiger partial charge in [0.1, 0.15) is 17.7 Å². The second-order valence-electron chi connectivity index (χ2n) is 7.37. The standard InChI is InChI=1S/C24H24FNO5S/c1-26(17-24(27)28)16-15-23(18-5-3-2-4-6-18)31-20-9-13-22(14-10-20)32(29,30)21-11-7-19(25)8-12-21/h2-14,23H,15-17H2,1H3,(H,27,28). The first-order valence-electron chi connectivity index (χ1n) is 9.98. The molecule has 0 saturated heterocycles. The van der Waals surface area contributed by atoms with Crippen molar-refractivity contribution >= 4 is 15.8 Å². The van der Waals surface area contributed by atoms with Gasteiger partial charge in [-0.05, 0) is 61.1 Å². The smallest absolute Gasteiger partial charge is 0.317 e. The van der Waals surface area contributed by atoms with Crippen LogP contribution in [0, 0.1) is 5.82 Å². The molecule has 0 bridgehead atoms. The van der Waals surface area contributed by atoms with Gasteiger partial charge in [0, 0.05) is 13.0 Å². The van der Waals surface area contributed by atoms with Gasteiger partial charge in [-0.2, -0.15) is 0 Å². The van der Waals surface area contributed by atoms with Crippen LogP contribution in [0.1, 0.15) is 18.1 Å². The lowest BCUT2D eigenvalue weighted by atomic mass is 10.1. The molecule has 0 radical (unpaired) electrons. The summed E-state index contributed by atoms with van der Waals surface area (Å²) in [4.78, 5) is 12.7. The first-order valence-corrected chi connectivity index (χ1v) is 11.5. The average molecular weight is 458 g/mol. The molecule has 0 amide bonds. The number of carboxylic acid groups (broad SMARTS) is 1. The summed E-state index contributed by atoms with van der Waals surface area (Å²) in [5, 5.41) is 8.95. The van der Waals surface area contributed by atoms with Crippen molar-refractivity contribution in [3.05, 3.63) is 90.2 Å². The summed E-state index contributed by atoms with van der Waals surface area (Å²) < 4.78 is 44.7. The number of ether oxygens (including phenoxy) is 1. The average Bonchev–Trinajstić information content (AvgIpc) is 2.77. The van der Waals surface area contributed by atoms with Gasteiger partial charge in [-0.15, -0.1) is 0 Å². The Hall–Kier alpha value is -3.23. The molecule has 3 aromatic rings. The third kappa shape index (κ3) is 6.15. The van der Waals surface area contributed by atoms with Gasteiger partial charge < -0.3 is 9.84 Å². The van der Waals surface area contributed by atoms with E-state index in [2.05, 4.69) is 0 Å². The molecule has 32 heavy (non-hydrogen) atoms. The summed E-state index contributed by atoms with van der Waals surface area (Å²) in [5.41, 5.74) is 0.930. The number of aliphatic carboxylic acids is 1. The van der Waals surface area contributed by atoms with Crippen molar-refractivity contribution in [1.82, 2.24) is 4.90 Å². The number of sulfone groups is 1. The maximum absolute atomic E-state index is 13.1. The number of hydrogen-bond donors (Lipinski definition) is 1. The molecule has 0 heterocycles. The topological polar surface area (TPSA) is 83.9 Å². The van der Waals surface area contributed by atoms with Crippen molar-refractivity contribution in [2.24, 2.45) is 0 Å². The maximum atomic E-state index is 13.1. The lowest BCUT2D eigenvalue weighted by Crippen LogP contribution is -2.28. The molecule has 0 aromatic heterocycles. The number of rotatable bonds is 10. The highest BCUT2D eigenvalue weighted by atomic mass is 32.2. The minimum atomic E-state index is -3.77. The van der Waals surface area contributed by atoms with E-state index in [-0.39, 0.29) is 22.4 Å². The number of hydrogen-bond acceptors (Lipinski definition) is 5. The quantitative estimate of drug-likeness (QED) is 0.460. The Morgan fingerprint density at radius 3 is 2.09 bits per heavy atom. The fourth-order valence-corrected chi connectivity index (χ4v) is 4.48. The molecule has 0 aliphatic carbocycles. The first kappa shape index (κ1) is 23.4. The van der Waals surface area contributed by atoms with E-state index in [0.29, 0.717) is 18.7 Å². The lowest BCUT2D eigenvalue weighted by Gasteiger charge is -2.22. The van der Waals surface area contributed by atoms with E-state index >= 15 is 0 Å². The van der Waals surface area contributed by atoms with Crippen molar-refractivity contribution in [2.75, 3.05) is 20.1 Å². The maximum Gasteiger partial charge on any atom is 0.317 e. The molecule has 3 rings (SSSR count). The fraction of sp³-hybridized carbons (Fsp3) is 0.208. The first-order chi connectivity index (χ1) is 15.3. The number of carboxylic acids is 1. The zero-order chi connectivity index (χ0) is 23.1. The van der Waals surface area contributed by atoms with Crippen LogP contribution in [-0.4, -0.2) is 44.5 Å². The Kier molecular flexibility index (Phi) is 7.61. The van der Waals surface area contributed by atoms with Crippen molar-refractivity contribution in [3.63, 3.8) is 0 Å². The van der Waals surface area contributed by atoms with E-state index in [0.717, 1.165) is 17.7 Å². The molecular weight excluding hydrogens is 433 g/mol. The molecular formula is C24H24FNO5S. The van der Waals surface area contributed by atoms with E-state index in [1.807, 2.05) is 30.3 Å².